The van der Waals surface area contributed by atoms with E-state index in [4.69, 9.17) is 0 Å². The molecule has 0 aromatic carbocycles. The van der Waals surface area contributed by atoms with Gasteiger partial charge in [-0.1, -0.05) is 6.92 Å². The van der Waals surface area contributed by atoms with Gasteiger partial charge in [0.05, 0.1) is 0 Å². The van der Waals surface area contributed by atoms with Crippen LogP contribution in [0.2, 0.25) is 0 Å². The maximum absolute atomic E-state index is 12.2. The first kappa shape index (κ1) is 16.4. The number of nitrogens with one attached hydrogen (secondary N) is 1. The lowest BCUT2D eigenvalue weighted by Crippen LogP contribution is -2.54. The first-order valence-corrected chi connectivity index (χ1v) is 8.84. The standard InChI is InChI=1S/C14H25N3O3S/c1-2-16-5-3-11(4-6-16)9-15-14(20)17-7-8-21-10-12(17)13(18)19/h11-12H,2-10H2,1H3,(H,15,20)(H,18,19). The monoisotopic (exact) mass is 315 g/mol. The van der Waals surface area contributed by atoms with E-state index in [-0.39, 0.29) is 6.03 Å². The highest BCUT2D eigenvalue weighted by Crippen LogP contribution is 2.18. The average molecular weight is 315 g/mol. The Morgan fingerprint density at radius 3 is 2.62 bits per heavy atom. The first-order chi connectivity index (χ1) is 10.1. The molecule has 1 atom stereocenters. The van der Waals surface area contributed by atoms with Gasteiger partial charge in [-0.2, -0.15) is 11.8 Å². The zero-order valence-corrected chi connectivity index (χ0v) is 13.4. The molecule has 2 N–H and O–H groups in total. The van der Waals surface area contributed by atoms with Gasteiger partial charge < -0.3 is 20.2 Å². The van der Waals surface area contributed by atoms with Gasteiger partial charge in [0.2, 0.25) is 0 Å². The molecular weight excluding hydrogens is 290 g/mol. The number of aliphatic carboxylic acids is 1. The summed E-state index contributed by atoms with van der Waals surface area (Å²) in [6.45, 7) is 6.62. The van der Waals surface area contributed by atoms with E-state index in [2.05, 4.69) is 17.1 Å². The van der Waals surface area contributed by atoms with Gasteiger partial charge in [-0.05, 0) is 38.4 Å². The molecular formula is C14H25N3O3S. The van der Waals surface area contributed by atoms with Gasteiger partial charge in [0.15, 0.2) is 0 Å². The van der Waals surface area contributed by atoms with Crippen molar-refractivity contribution in [1.82, 2.24) is 15.1 Å². The first-order valence-electron chi connectivity index (χ1n) is 7.69. The molecule has 2 fully saturated rings. The number of piperidine rings is 1. The summed E-state index contributed by atoms with van der Waals surface area (Å²) in [5, 5.41) is 12.1. The molecule has 21 heavy (non-hydrogen) atoms. The predicted octanol–water partition coefficient (Wildman–Crippen LogP) is 0.930. The van der Waals surface area contributed by atoms with Gasteiger partial charge in [-0.3, -0.25) is 0 Å². The van der Waals surface area contributed by atoms with E-state index in [0.717, 1.165) is 38.2 Å². The van der Waals surface area contributed by atoms with E-state index in [1.165, 1.54) is 4.90 Å². The van der Waals surface area contributed by atoms with Crippen molar-refractivity contribution < 1.29 is 14.7 Å². The summed E-state index contributed by atoms with van der Waals surface area (Å²) in [5.74, 6) is 0.900. The fraction of sp³-hybridized carbons (Fsp3) is 0.857. The third-order valence-electron chi connectivity index (χ3n) is 4.37. The number of carbonyl (C=O) groups is 2. The summed E-state index contributed by atoms with van der Waals surface area (Å²) >= 11 is 1.59. The molecule has 0 aliphatic carbocycles. The topological polar surface area (TPSA) is 72.9 Å². The van der Waals surface area contributed by atoms with Crippen molar-refractivity contribution in [3.8, 4) is 0 Å². The van der Waals surface area contributed by atoms with Crippen LogP contribution in [0.15, 0.2) is 0 Å². The summed E-state index contributed by atoms with van der Waals surface area (Å²) in [6.07, 6.45) is 2.21. The van der Waals surface area contributed by atoms with E-state index in [1.54, 1.807) is 11.8 Å². The van der Waals surface area contributed by atoms with Crippen molar-refractivity contribution in [3.05, 3.63) is 0 Å². The Morgan fingerprint density at radius 2 is 2.00 bits per heavy atom. The van der Waals surface area contributed by atoms with Crippen LogP contribution in [0, 0.1) is 5.92 Å². The Balaban J connectivity index is 1.77. The third kappa shape index (κ3) is 4.51. The van der Waals surface area contributed by atoms with E-state index < -0.39 is 12.0 Å². The lowest BCUT2D eigenvalue weighted by molar-refractivity contribution is -0.141. The number of hydrogen-bond donors (Lipinski definition) is 2. The lowest BCUT2D eigenvalue weighted by atomic mass is 9.97. The predicted molar refractivity (Wildman–Crippen MR) is 83.7 cm³/mol. The molecule has 0 bridgehead atoms. The molecule has 2 amide bonds. The molecule has 6 nitrogen and oxygen atoms in total. The van der Waals surface area contributed by atoms with Crippen molar-refractivity contribution in [1.29, 1.82) is 0 Å². The van der Waals surface area contributed by atoms with Gasteiger partial charge in [-0.25, -0.2) is 9.59 Å². The van der Waals surface area contributed by atoms with Crippen LogP contribution in [0.25, 0.3) is 0 Å². The summed E-state index contributed by atoms with van der Waals surface area (Å²) in [6, 6.07) is -0.911. The number of carboxylic acid groups (broad SMARTS) is 1. The molecule has 2 aliphatic heterocycles. The Morgan fingerprint density at radius 1 is 1.29 bits per heavy atom. The van der Waals surface area contributed by atoms with Gasteiger partial charge in [0, 0.05) is 24.6 Å². The minimum atomic E-state index is -0.909. The van der Waals surface area contributed by atoms with Crippen molar-refractivity contribution in [2.75, 3.05) is 44.2 Å². The highest BCUT2D eigenvalue weighted by molar-refractivity contribution is 7.99. The zero-order valence-electron chi connectivity index (χ0n) is 12.6. The molecule has 2 heterocycles. The maximum atomic E-state index is 12.2. The Labute approximate surface area is 130 Å². The Kier molecular flexibility index (Phi) is 6.17. The van der Waals surface area contributed by atoms with E-state index in [9.17, 15) is 14.7 Å². The Bertz CT molecular complexity index is 372. The molecule has 0 radical (unpaired) electrons. The number of amides is 2. The van der Waals surface area contributed by atoms with Crippen LogP contribution < -0.4 is 5.32 Å². The molecule has 2 rings (SSSR count). The summed E-state index contributed by atoms with van der Waals surface area (Å²) in [4.78, 5) is 27.3. The van der Waals surface area contributed by atoms with Gasteiger partial charge >= 0.3 is 12.0 Å². The Hall–Kier alpha value is -0.950. The molecule has 2 saturated heterocycles. The van der Waals surface area contributed by atoms with Crippen LogP contribution in [-0.4, -0.2) is 77.2 Å². The molecule has 7 heteroatoms. The van der Waals surface area contributed by atoms with Crippen LogP contribution >= 0.6 is 11.8 Å². The van der Waals surface area contributed by atoms with E-state index in [0.29, 0.717) is 24.8 Å². The van der Waals surface area contributed by atoms with Gasteiger partial charge in [0.1, 0.15) is 6.04 Å². The number of carbonyl (C=O) groups excluding carboxylic acids is 1. The fourth-order valence-corrected chi connectivity index (χ4v) is 3.93. The second kappa shape index (κ2) is 7.89. The SMILES string of the molecule is CCN1CCC(CNC(=O)N2CCSCC2C(=O)O)CC1. The lowest BCUT2D eigenvalue weighted by Gasteiger charge is -2.34. The average Bonchev–Trinajstić information content (AvgIpc) is 2.53. The molecule has 0 saturated carbocycles. The second-order valence-electron chi connectivity index (χ2n) is 5.69. The fourth-order valence-electron chi connectivity index (χ4n) is 2.89. The zero-order chi connectivity index (χ0) is 15.2. The number of likely N-dealkylation sites (tertiary alicyclic amines) is 1. The third-order valence-corrected chi connectivity index (χ3v) is 5.39. The molecule has 1 unspecified atom stereocenters. The van der Waals surface area contributed by atoms with Crippen molar-refractivity contribution in [2.45, 2.75) is 25.8 Å². The highest BCUT2D eigenvalue weighted by Gasteiger charge is 2.32. The number of nitrogens with zero attached hydrogens (tertiary/aromatic N) is 2. The van der Waals surface area contributed by atoms with E-state index in [1.807, 2.05) is 0 Å². The van der Waals surface area contributed by atoms with Crippen molar-refractivity contribution >= 4 is 23.8 Å². The largest absolute Gasteiger partial charge is 0.480 e. The van der Waals surface area contributed by atoms with Crippen LogP contribution in [0.1, 0.15) is 19.8 Å². The van der Waals surface area contributed by atoms with E-state index >= 15 is 0 Å². The minimum absolute atomic E-state index is 0.222. The van der Waals surface area contributed by atoms with Gasteiger partial charge in [-0.15, -0.1) is 0 Å². The molecule has 0 spiro atoms. The number of thioether (sulfide) groups is 1. The minimum Gasteiger partial charge on any atom is -0.480 e. The number of hydrogen-bond acceptors (Lipinski definition) is 4. The normalized spacial score (nSPS) is 24.8. The summed E-state index contributed by atoms with van der Waals surface area (Å²) < 4.78 is 0. The summed E-state index contributed by atoms with van der Waals surface area (Å²) in [7, 11) is 0. The maximum Gasteiger partial charge on any atom is 0.327 e. The summed E-state index contributed by atoms with van der Waals surface area (Å²) in [5.41, 5.74) is 0. The van der Waals surface area contributed by atoms with Crippen molar-refractivity contribution in [2.24, 2.45) is 5.92 Å². The quantitative estimate of drug-likeness (QED) is 0.807. The number of urea groups is 1. The van der Waals surface area contributed by atoms with Crippen molar-refractivity contribution in [3.63, 3.8) is 0 Å². The number of carboxylic acids is 1. The molecule has 120 valence electrons. The molecule has 2 aliphatic rings. The smallest absolute Gasteiger partial charge is 0.327 e. The van der Waals surface area contributed by atoms with Gasteiger partial charge in [0.25, 0.3) is 0 Å². The highest BCUT2D eigenvalue weighted by atomic mass is 32.2. The van der Waals surface area contributed by atoms with Crippen LogP contribution in [0.5, 0.6) is 0 Å². The molecule has 0 aromatic heterocycles. The van der Waals surface area contributed by atoms with Crippen LogP contribution in [-0.2, 0) is 4.79 Å². The molecule has 0 aromatic rings. The van der Waals surface area contributed by atoms with Crippen LogP contribution in [0.4, 0.5) is 4.79 Å². The number of rotatable bonds is 4. The second-order valence-corrected chi connectivity index (χ2v) is 6.84. The van der Waals surface area contributed by atoms with Crippen LogP contribution in [0.3, 0.4) is 0 Å².